The lowest BCUT2D eigenvalue weighted by atomic mass is 9.87. The van der Waals surface area contributed by atoms with E-state index in [1.54, 1.807) is 0 Å². The van der Waals surface area contributed by atoms with Crippen molar-refractivity contribution in [2.24, 2.45) is 5.92 Å². The van der Waals surface area contributed by atoms with Crippen LogP contribution in [0.4, 0.5) is 0 Å². The molecule has 1 aliphatic carbocycles. The van der Waals surface area contributed by atoms with Crippen LogP contribution in [0.1, 0.15) is 26.7 Å². The van der Waals surface area contributed by atoms with Gasteiger partial charge in [0.1, 0.15) is 0 Å². The van der Waals surface area contributed by atoms with Gasteiger partial charge in [-0.25, -0.2) is 0 Å². The van der Waals surface area contributed by atoms with E-state index in [0.29, 0.717) is 19.6 Å². The third kappa shape index (κ3) is 3.83. The predicted molar refractivity (Wildman–Crippen MR) is 84.2 cm³/mol. The van der Waals surface area contributed by atoms with Gasteiger partial charge in [0.2, 0.25) is 0 Å². The fraction of sp³-hybridized carbons (Fsp3) is 0.412. The summed E-state index contributed by atoms with van der Waals surface area (Å²) in [5.41, 5.74) is 0.785. The highest BCUT2D eigenvalue weighted by molar-refractivity contribution is 8.03. The predicted octanol–water partition coefficient (Wildman–Crippen LogP) is 3.64. The normalized spacial score (nSPS) is 19.2. The van der Waals surface area contributed by atoms with E-state index in [1.807, 2.05) is 44.2 Å². The fourth-order valence-corrected chi connectivity index (χ4v) is 3.68. The number of benzene rings is 1. The maximum Gasteiger partial charge on any atom is 0.167 e. The van der Waals surface area contributed by atoms with Gasteiger partial charge in [-0.05, 0) is 25.5 Å². The molecular weight excluding hydrogens is 284 g/mol. The largest absolute Gasteiger partial charge is 0.381 e. The maximum absolute atomic E-state index is 12.2. The number of hydrogen-bond donors (Lipinski definition) is 0. The van der Waals surface area contributed by atoms with Crippen LogP contribution in [0, 0.1) is 5.92 Å². The zero-order chi connectivity index (χ0) is 15.2. The van der Waals surface area contributed by atoms with E-state index in [-0.39, 0.29) is 23.9 Å². The highest BCUT2D eigenvalue weighted by Crippen LogP contribution is 2.39. The molecule has 1 unspecified atom stereocenters. The van der Waals surface area contributed by atoms with Crippen LogP contribution in [0.3, 0.4) is 0 Å². The van der Waals surface area contributed by atoms with E-state index in [4.69, 9.17) is 4.74 Å². The standard InChI is InChI=1S/C17H20O3S/c1-3-13-15(18)10-16(19)14(11-20-4-2)17(13)21-12-8-6-5-7-9-12/h5-9,14H,3-4,10-11H2,1-2H3. The molecule has 1 aliphatic rings. The Morgan fingerprint density at radius 3 is 2.52 bits per heavy atom. The van der Waals surface area contributed by atoms with Crippen molar-refractivity contribution in [3.05, 3.63) is 40.8 Å². The number of allylic oxidation sites excluding steroid dienone is 1. The van der Waals surface area contributed by atoms with Crippen molar-refractivity contribution < 1.29 is 14.3 Å². The Labute approximate surface area is 129 Å². The van der Waals surface area contributed by atoms with Gasteiger partial charge in [-0.15, -0.1) is 0 Å². The monoisotopic (exact) mass is 304 g/mol. The molecule has 3 nitrogen and oxygen atoms in total. The van der Waals surface area contributed by atoms with Crippen LogP contribution < -0.4 is 0 Å². The lowest BCUT2D eigenvalue weighted by molar-refractivity contribution is -0.129. The van der Waals surface area contributed by atoms with Crippen LogP contribution >= 0.6 is 11.8 Å². The Kier molecular flexibility index (Phi) is 5.76. The summed E-state index contributed by atoms with van der Waals surface area (Å²) in [4.78, 5) is 26.3. The highest BCUT2D eigenvalue weighted by Gasteiger charge is 2.34. The van der Waals surface area contributed by atoms with Gasteiger partial charge < -0.3 is 4.74 Å². The van der Waals surface area contributed by atoms with Crippen molar-refractivity contribution in [1.29, 1.82) is 0 Å². The summed E-state index contributed by atoms with van der Waals surface area (Å²) in [6, 6.07) is 9.85. The van der Waals surface area contributed by atoms with Gasteiger partial charge in [-0.2, -0.15) is 0 Å². The minimum absolute atomic E-state index is 0.0137. The van der Waals surface area contributed by atoms with Crippen molar-refractivity contribution in [3.63, 3.8) is 0 Å². The number of Topliss-reactive ketones (excluding diaryl/α,β-unsaturated/α-hetero) is 2. The molecule has 0 saturated heterocycles. The summed E-state index contributed by atoms with van der Waals surface area (Å²) in [5, 5.41) is 0. The first-order valence-electron chi connectivity index (χ1n) is 7.27. The van der Waals surface area contributed by atoms with E-state index < -0.39 is 0 Å². The topological polar surface area (TPSA) is 43.4 Å². The summed E-state index contributed by atoms with van der Waals surface area (Å²) in [7, 11) is 0. The molecular formula is C17H20O3S. The van der Waals surface area contributed by atoms with Crippen LogP contribution in [0.15, 0.2) is 45.7 Å². The molecule has 4 heteroatoms. The zero-order valence-corrected chi connectivity index (χ0v) is 13.2. The minimum atomic E-state index is -0.303. The Morgan fingerprint density at radius 2 is 1.90 bits per heavy atom. The second kappa shape index (κ2) is 7.57. The summed E-state index contributed by atoms with van der Waals surface area (Å²) in [6.07, 6.45) is 0.670. The van der Waals surface area contributed by atoms with Gasteiger partial charge in [0, 0.05) is 22.0 Å². The lowest BCUT2D eigenvalue weighted by Crippen LogP contribution is -2.30. The molecule has 0 bridgehead atoms. The van der Waals surface area contributed by atoms with Gasteiger partial charge in [0.05, 0.1) is 18.9 Å². The van der Waals surface area contributed by atoms with Crippen LogP contribution in [-0.4, -0.2) is 24.8 Å². The van der Waals surface area contributed by atoms with Gasteiger partial charge in [0.15, 0.2) is 11.6 Å². The maximum atomic E-state index is 12.2. The third-order valence-electron chi connectivity index (χ3n) is 3.49. The Hall–Kier alpha value is -1.39. The molecule has 0 heterocycles. The van der Waals surface area contributed by atoms with Crippen molar-refractivity contribution in [2.75, 3.05) is 13.2 Å². The van der Waals surface area contributed by atoms with Gasteiger partial charge >= 0.3 is 0 Å². The van der Waals surface area contributed by atoms with Crippen LogP contribution in [-0.2, 0) is 14.3 Å². The first kappa shape index (κ1) is 16.0. The fourth-order valence-electron chi connectivity index (χ4n) is 2.41. The quantitative estimate of drug-likeness (QED) is 0.753. The summed E-state index contributed by atoms with van der Waals surface area (Å²) in [5.74, 6) is -0.361. The molecule has 0 saturated carbocycles. The van der Waals surface area contributed by atoms with Crippen molar-refractivity contribution in [1.82, 2.24) is 0 Å². The van der Waals surface area contributed by atoms with Gasteiger partial charge in [-0.1, -0.05) is 36.9 Å². The molecule has 112 valence electrons. The van der Waals surface area contributed by atoms with Crippen molar-refractivity contribution in [2.45, 2.75) is 31.6 Å². The summed E-state index contributed by atoms with van der Waals surface area (Å²) in [6.45, 7) is 4.81. The number of carbonyl (C=O) groups is 2. The molecule has 0 N–H and O–H groups in total. The third-order valence-corrected chi connectivity index (χ3v) is 4.75. The van der Waals surface area contributed by atoms with E-state index in [2.05, 4.69) is 0 Å². The summed E-state index contributed by atoms with van der Waals surface area (Å²) < 4.78 is 5.46. The number of ether oxygens (including phenoxy) is 1. The molecule has 1 aromatic rings. The highest BCUT2D eigenvalue weighted by atomic mass is 32.2. The smallest absolute Gasteiger partial charge is 0.167 e. The number of rotatable bonds is 6. The second-order valence-electron chi connectivity index (χ2n) is 4.89. The number of ketones is 2. The van der Waals surface area contributed by atoms with Crippen LogP contribution in [0.2, 0.25) is 0 Å². The number of thioether (sulfide) groups is 1. The molecule has 0 fully saturated rings. The number of carbonyl (C=O) groups excluding carboxylic acids is 2. The first-order chi connectivity index (χ1) is 10.2. The van der Waals surface area contributed by atoms with E-state index >= 15 is 0 Å². The Balaban J connectivity index is 2.35. The van der Waals surface area contributed by atoms with Gasteiger partial charge in [0.25, 0.3) is 0 Å². The van der Waals surface area contributed by atoms with Crippen molar-refractivity contribution >= 4 is 23.3 Å². The van der Waals surface area contributed by atoms with E-state index in [0.717, 1.165) is 15.4 Å². The zero-order valence-electron chi connectivity index (χ0n) is 12.4. The van der Waals surface area contributed by atoms with Crippen LogP contribution in [0.5, 0.6) is 0 Å². The van der Waals surface area contributed by atoms with Crippen molar-refractivity contribution in [3.8, 4) is 0 Å². The molecule has 21 heavy (non-hydrogen) atoms. The minimum Gasteiger partial charge on any atom is -0.381 e. The molecule has 1 aromatic carbocycles. The average Bonchev–Trinajstić information content (AvgIpc) is 2.48. The molecule has 2 rings (SSSR count). The Bertz CT molecular complexity index is 548. The SMILES string of the molecule is CCOCC1C(=O)CC(=O)C(CC)=C1Sc1ccccc1. The molecule has 0 radical (unpaired) electrons. The Morgan fingerprint density at radius 1 is 1.19 bits per heavy atom. The van der Waals surface area contributed by atoms with E-state index in [1.165, 1.54) is 11.8 Å². The average molecular weight is 304 g/mol. The second-order valence-corrected chi connectivity index (χ2v) is 6.01. The molecule has 0 spiro atoms. The van der Waals surface area contributed by atoms with E-state index in [9.17, 15) is 9.59 Å². The molecule has 0 aliphatic heterocycles. The van der Waals surface area contributed by atoms with Crippen LogP contribution in [0.25, 0.3) is 0 Å². The lowest BCUT2D eigenvalue weighted by Gasteiger charge is -2.26. The molecule has 0 aromatic heterocycles. The molecule has 0 amide bonds. The van der Waals surface area contributed by atoms with Gasteiger partial charge in [-0.3, -0.25) is 9.59 Å². The molecule has 1 atom stereocenters. The summed E-state index contributed by atoms with van der Waals surface area (Å²) >= 11 is 1.52. The first-order valence-corrected chi connectivity index (χ1v) is 8.08. The number of hydrogen-bond acceptors (Lipinski definition) is 4.